The van der Waals surface area contributed by atoms with Gasteiger partial charge in [0.2, 0.25) is 0 Å². The van der Waals surface area contributed by atoms with Crippen molar-refractivity contribution in [1.82, 2.24) is 20.4 Å². The normalized spacial score (nSPS) is 10.5. The van der Waals surface area contributed by atoms with Crippen LogP contribution in [0.25, 0.3) is 11.3 Å². The molecule has 4 N–H and O–H groups in total. The van der Waals surface area contributed by atoms with Crippen LogP contribution in [0.4, 0.5) is 0 Å². The first-order valence-corrected chi connectivity index (χ1v) is 4.13. The fraction of sp³-hybridized carbons (Fsp3) is 0.250. The molecule has 0 radical (unpaired) electrons. The van der Waals surface area contributed by atoms with Gasteiger partial charge in [0.05, 0.1) is 11.9 Å². The van der Waals surface area contributed by atoms with Gasteiger partial charge in [-0.05, 0) is 12.6 Å². The fourth-order valence-corrected chi connectivity index (χ4v) is 1.18. The number of aromatic nitrogens is 4. The summed E-state index contributed by atoms with van der Waals surface area (Å²) in [5.74, 6) is 0. The average molecular weight is 177 g/mol. The highest BCUT2D eigenvalue weighted by Crippen LogP contribution is 2.15. The molecule has 2 aromatic rings. The van der Waals surface area contributed by atoms with Crippen molar-refractivity contribution in [2.45, 2.75) is 6.42 Å². The molecule has 0 atom stereocenters. The first-order valence-electron chi connectivity index (χ1n) is 4.13. The fourth-order valence-electron chi connectivity index (χ4n) is 1.18. The minimum atomic E-state index is 0.632. The Morgan fingerprint density at radius 1 is 1.46 bits per heavy atom. The Kier molecular flexibility index (Phi) is 2.09. The molecule has 0 aliphatic carbocycles. The number of aromatic amines is 2. The van der Waals surface area contributed by atoms with Gasteiger partial charge >= 0.3 is 0 Å². The molecular formula is C8H11N5. The number of hydrogen-bond donors (Lipinski definition) is 3. The molecule has 2 aromatic heterocycles. The van der Waals surface area contributed by atoms with E-state index < -0.39 is 0 Å². The summed E-state index contributed by atoms with van der Waals surface area (Å²) in [6, 6.07) is 1.98. The van der Waals surface area contributed by atoms with Crippen LogP contribution in [0.5, 0.6) is 0 Å². The number of H-pyrrole nitrogens is 2. The predicted octanol–water partition coefficient (Wildman–Crippen LogP) is 0.301. The highest BCUT2D eigenvalue weighted by molar-refractivity contribution is 5.56. The van der Waals surface area contributed by atoms with Crippen LogP contribution in [0.3, 0.4) is 0 Å². The number of nitrogens with one attached hydrogen (secondary N) is 2. The molecule has 0 aliphatic heterocycles. The number of nitrogens with two attached hydrogens (primary N) is 1. The third-order valence-electron chi connectivity index (χ3n) is 1.84. The van der Waals surface area contributed by atoms with Crippen molar-refractivity contribution in [2.24, 2.45) is 5.73 Å². The van der Waals surface area contributed by atoms with Gasteiger partial charge in [-0.3, -0.25) is 10.2 Å². The Bertz CT molecular complexity index is 362. The Balaban J connectivity index is 2.23. The molecule has 2 heterocycles. The van der Waals surface area contributed by atoms with E-state index in [1.165, 1.54) is 0 Å². The van der Waals surface area contributed by atoms with E-state index in [4.69, 9.17) is 5.73 Å². The number of rotatable bonds is 3. The van der Waals surface area contributed by atoms with Gasteiger partial charge in [0.1, 0.15) is 0 Å². The zero-order chi connectivity index (χ0) is 9.10. The summed E-state index contributed by atoms with van der Waals surface area (Å²) in [6.45, 7) is 0.632. The summed E-state index contributed by atoms with van der Waals surface area (Å²) in [5, 5.41) is 13.7. The standard InChI is InChI=1S/C8H11N5/c9-2-1-7-3-8(13-12-7)6-4-10-11-5-6/h3-5H,1-2,9H2,(H,10,11)(H,12,13). The Hall–Kier alpha value is -1.62. The van der Waals surface area contributed by atoms with E-state index in [0.717, 1.165) is 23.4 Å². The smallest absolute Gasteiger partial charge is 0.0954 e. The summed E-state index contributed by atoms with van der Waals surface area (Å²) in [4.78, 5) is 0. The minimum Gasteiger partial charge on any atom is -0.330 e. The van der Waals surface area contributed by atoms with Crippen molar-refractivity contribution >= 4 is 0 Å². The molecule has 0 amide bonds. The van der Waals surface area contributed by atoms with Crippen LogP contribution in [0.15, 0.2) is 18.5 Å². The second kappa shape index (κ2) is 3.40. The van der Waals surface area contributed by atoms with Gasteiger partial charge in [-0.1, -0.05) is 0 Å². The van der Waals surface area contributed by atoms with Gasteiger partial charge in [0, 0.05) is 23.9 Å². The van der Waals surface area contributed by atoms with Gasteiger partial charge in [-0.25, -0.2) is 0 Å². The molecule has 13 heavy (non-hydrogen) atoms. The summed E-state index contributed by atoms with van der Waals surface area (Å²) >= 11 is 0. The second-order valence-corrected chi connectivity index (χ2v) is 2.80. The third-order valence-corrected chi connectivity index (χ3v) is 1.84. The second-order valence-electron chi connectivity index (χ2n) is 2.80. The van der Waals surface area contributed by atoms with Gasteiger partial charge < -0.3 is 5.73 Å². The molecule has 5 heteroatoms. The Labute approximate surface area is 75.4 Å². The van der Waals surface area contributed by atoms with E-state index in [1.54, 1.807) is 6.20 Å². The molecule has 0 saturated carbocycles. The minimum absolute atomic E-state index is 0.632. The predicted molar refractivity (Wildman–Crippen MR) is 48.9 cm³/mol. The molecule has 2 rings (SSSR count). The summed E-state index contributed by atoms with van der Waals surface area (Å²) < 4.78 is 0. The van der Waals surface area contributed by atoms with E-state index in [-0.39, 0.29) is 0 Å². The van der Waals surface area contributed by atoms with E-state index in [0.29, 0.717) is 6.54 Å². The lowest BCUT2D eigenvalue weighted by atomic mass is 10.2. The zero-order valence-electron chi connectivity index (χ0n) is 7.12. The van der Waals surface area contributed by atoms with Crippen molar-refractivity contribution in [1.29, 1.82) is 0 Å². The van der Waals surface area contributed by atoms with E-state index in [2.05, 4.69) is 20.4 Å². The molecule has 0 aliphatic rings. The van der Waals surface area contributed by atoms with E-state index >= 15 is 0 Å². The lowest BCUT2D eigenvalue weighted by Crippen LogP contribution is -2.02. The van der Waals surface area contributed by atoms with Gasteiger partial charge in [0.15, 0.2) is 0 Å². The topological polar surface area (TPSA) is 83.4 Å². The van der Waals surface area contributed by atoms with E-state index in [1.807, 2.05) is 12.3 Å². The molecule has 0 saturated heterocycles. The molecule has 0 aromatic carbocycles. The van der Waals surface area contributed by atoms with Crippen LogP contribution in [0.1, 0.15) is 5.69 Å². The van der Waals surface area contributed by atoms with Crippen LogP contribution in [-0.2, 0) is 6.42 Å². The lowest BCUT2D eigenvalue weighted by Gasteiger charge is -1.87. The maximum atomic E-state index is 5.42. The molecular weight excluding hydrogens is 166 g/mol. The molecule has 0 unspecified atom stereocenters. The monoisotopic (exact) mass is 177 g/mol. The van der Waals surface area contributed by atoms with Crippen LogP contribution in [-0.4, -0.2) is 26.9 Å². The van der Waals surface area contributed by atoms with Crippen molar-refractivity contribution < 1.29 is 0 Å². The molecule has 68 valence electrons. The zero-order valence-corrected chi connectivity index (χ0v) is 7.12. The van der Waals surface area contributed by atoms with Crippen LogP contribution >= 0.6 is 0 Å². The lowest BCUT2D eigenvalue weighted by molar-refractivity contribution is 0.902. The van der Waals surface area contributed by atoms with Crippen molar-refractivity contribution in [3.63, 3.8) is 0 Å². The number of nitrogens with zero attached hydrogens (tertiary/aromatic N) is 2. The largest absolute Gasteiger partial charge is 0.330 e. The highest BCUT2D eigenvalue weighted by atomic mass is 15.1. The van der Waals surface area contributed by atoms with Gasteiger partial charge in [-0.15, -0.1) is 0 Å². The third kappa shape index (κ3) is 1.59. The Morgan fingerprint density at radius 3 is 3.08 bits per heavy atom. The van der Waals surface area contributed by atoms with Crippen molar-refractivity contribution in [3.8, 4) is 11.3 Å². The van der Waals surface area contributed by atoms with Gasteiger partial charge in [0.25, 0.3) is 0 Å². The summed E-state index contributed by atoms with van der Waals surface area (Å²) in [5.41, 5.74) is 8.36. The summed E-state index contributed by atoms with van der Waals surface area (Å²) in [7, 11) is 0. The average Bonchev–Trinajstić information content (AvgIpc) is 2.70. The van der Waals surface area contributed by atoms with Crippen LogP contribution in [0.2, 0.25) is 0 Å². The Morgan fingerprint density at radius 2 is 2.38 bits per heavy atom. The quantitative estimate of drug-likeness (QED) is 0.630. The molecule has 0 spiro atoms. The van der Waals surface area contributed by atoms with E-state index in [9.17, 15) is 0 Å². The highest BCUT2D eigenvalue weighted by Gasteiger charge is 2.03. The molecule has 0 bridgehead atoms. The molecule has 0 fully saturated rings. The summed E-state index contributed by atoms with van der Waals surface area (Å²) in [6.07, 6.45) is 4.37. The van der Waals surface area contributed by atoms with Crippen LogP contribution < -0.4 is 5.73 Å². The van der Waals surface area contributed by atoms with Crippen molar-refractivity contribution in [2.75, 3.05) is 6.54 Å². The first-order chi connectivity index (χ1) is 6.40. The van der Waals surface area contributed by atoms with Crippen molar-refractivity contribution in [3.05, 3.63) is 24.2 Å². The number of hydrogen-bond acceptors (Lipinski definition) is 3. The first kappa shape index (κ1) is 8.00. The SMILES string of the molecule is NCCc1cc(-c2cn[nH]c2)n[nH]1. The maximum absolute atomic E-state index is 5.42. The maximum Gasteiger partial charge on any atom is 0.0954 e. The van der Waals surface area contributed by atoms with Crippen LogP contribution in [0, 0.1) is 0 Å². The molecule has 5 nitrogen and oxygen atoms in total. The van der Waals surface area contributed by atoms with Gasteiger partial charge in [-0.2, -0.15) is 10.2 Å².